The van der Waals surface area contributed by atoms with E-state index in [9.17, 15) is 4.79 Å². The molecule has 6 heteroatoms. The highest BCUT2D eigenvalue weighted by Gasteiger charge is 2.34. The van der Waals surface area contributed by atoms with E-state index in [1.807, 2.05) is 30.3 Å². The van der Waals surface area contributed by atoms with Gasteiger partial charge in [-0.1, -0.05) is 84.5 Å². The summed E-state index contributed by atoms with van der Waals surface area (Å²) in [7, 11) is 0. The highest BCUT2D eigenvalue weighted by Crippen LogP contribution is 2.39. The van der Waals surface area contributed by atoms with Crippen molar-refractivity contribution in [2.45, 2.75) is 46.7 Å². The Hall–Kier alpha value is -0.0900. The summed E-state index contributed by atoms with van der Waals surface area (Å²) in [5, 5.41) is 2.19. The van der Waals surface area contributed by atoms with Crippen LogP contribution in [0.25, 0.3) is 0 Å². The van der Waals surface area contributed by atoms with Crippen LogP contribution in [0.1, 0.15) is 32.6 Å². The van der Waals surface area contributed by atoms with Crippen LogP contribution in [0.5, 0.6) is 0 Å². The maximum absolute atomic E-state index is 11.9. The molecule has 1 rings (SSSR count). The van der Waals surface area contributed by atoms with E-state index in [-0.39, 0.29) is 5.91 Å². The first kappa shape index (κ1) is 18.0. The van der Waals surface area contributed by atoms with Crippen LogP contribution in [-0.4, -0.2) is 15.1 Å². The van der Waals surface area contributed by atoms with Crippen molar-refractivity contribution < 1.29 is 4.79 Å². The van der Waals surface area contributed by atoms with Crippen LogP contribution in [0.4, 0.5) is 0 Å². The fraction of sp³-hybridized carbons (Fsp3) is 0.500. The lowest BCUT2D eigenvalue weighted by Crippen LogP contribution is -2.41. The van der Waals surface area contributed by atoms with Gasteiger partial charge in [0, 0.05) is 11.3 Å². The first-order valence-electron chi connectivity index (χ1n) is 6.51. The molecule has 1 amide bonds. The van der Waals surface area contributed by atoms with Gasteiger partial charge in [0.1, 0.15) is 5.37 Å². The SMILES string of the molecule is CCCCCC(=O)NC(Sc1ccccc1)C(Cl)(Cl)Cl. The number of halogens is 3. The summed E-state index contributed by atoms with van der Waals surface area (Å²) < 4.78 is -1.55. The molecule has 0 radical (unpaired) electrons. The van der Waals surface area contributed by atoms with E-state index >= 15 is 0 Å². The van der Waals surface area contributed by atoms with Crippen LogP contribution in [-0.2, 0) is 4.79 Å². The molecule has 0 fully saturated rings. The molecule has 0 aromatic heterocycles. The number of nitrogens with one attached hydrogen (secondary N) is 1. The second-order valence-electron chi connectivity index (χ2n) is 4.38. The first-order valence-corrected chi connectivity index (χ1v) is 8.52. The molecule has 0 saturated heterocycles. The standard InChI is InChI=1S/C14H18Cl3NOS/c1-2-3-5-10-12(19)18-13(14(15,16)17)20-11-8-6-4-7-9-11/h4,6-9,13H,2-3,5,10H2,1H3,(H,18,19). The molecule has 0 heterocycles. The van der Waals surface area contributed by atoms with Gasteiger partial charge in [0.25, 0.3) is 0 Å². The zero-order valence-corrected chi connectivity index (χ0v) is 14.3. The Balaban J connectivity index is 2.59. The molecule has 1 unspecified atom stereocenters. The molecule has 112 valence electrons. The minimum atomic E-state index is -1.55. The number of carbonyl (C=O) groups excluding carboxylic acids is 1. The molecule has 0 saturated carbocycles. The molecular weight excluding hydrogens is 337 g/mol. The van der Waals surface area contributed by atoms with Gasteiger partial charge in [-0.05, 0) is 18.6 Å². The number of hydrogen-bond donors (Lipinski definition) is 1. The summed E-state index contributed by atoms with van der Waals surface area (Å²) >= 11 is 19.2. The molecule has 0 aliphatic carbocycles. The molecule has 1 atom stereocenters. The van der Waals surface area contributed by atoms with Crippen LogP contribution < -0.4 is 5.32 Å². The van der Waals surface area contributed by atoms with Crippen molar-refractivity contribution in [3.63, 3.8) is 0 Å². The predicted octanol–water partition coefficient (Wildman–Crippen LogP) is 5.17. The zero-order chi connectivity index (χ0) is 15.0. The van der Waals surface area contributed by atoms with Crippen molar-refractivity contribution in [1.29, 1.82) is 0 Å². The zero-order valence-electron chi connectivity index (χ0n) is 11.2. The van der Waals surface area contributed by atoms with Gasteiger partial charge in [0.2, 0.25) is 9.70 Å². The Morgan fingerprint density at radius 2 is 1.90 bits per heavy atom. The second kappa shape index (κ2) is 9.04. The van der Waals surface area contributed by atoms with Gasteiger partial charge in [0.15, 0.2) is 0 Å². The average molecular weight is 355 g/mol. The van der Waals surface area contributed by atoms with Gasteiger partial charge in [-0.25, -0.2) is 0 Å². The maximum Gasteiger partial charge on any atom is 0.221 e. The molecule has 1 aromatic rings. The Morgan fingerprint density at radius 3 is 2.45 bits per heavy atom. The Kier molecular flexibility index (Phi) is 8.11. The van der Waals surface area contributed by atoms with E-state index < -0.39 is 9.17 Å². The van der Waals surface area contributed by atoms with Crippen molar-refractivity contribution in [2.75, 3.05) is 0 Å². The third-order valence-corrected chi connectivity index (χ3v) is 4.89. The normalized spacial score (nSPS) is 13.0. The maximum atomic E-state index is 11.9. The molecule has 1 aromatic carbocycles. The van der Waals surface area contributed by atoms with Crippen molar-refractivity contribution in [3.05, 3.63) is 30.3 Å². The quantitative estimate of drug-likeness (QED) is 0.317. The van der Waals surface area contributed by atoms with E-state index in [0.717, 1.165) is 24.2 Å². The molecule has 0 spiro atoms. The van der Waals surface area contributed by atoms with E-state index in [4.69, 9.17) is 34.8 Å². The molecule has 0 aliphatic rings. The minimum absolute atomic E-state index is 0.0850. The summed E-state index contributed by atoms with van der Waals surface area (Å²) in [5.74, 6) is -0.0850. The van der Waals surface area contributed by atoms with Gasteiger partial charge >= 0.3 is 0 Å². The number of carbonyl (C=O) groups is 1. The third kappa shape index (κ3) is 7.07. The fourth-order valence-corrected chi connectivity index (χ4v) is 3.04. The summed E-state index contributed by atoms with van der Waals surface area (Å²) in [6.45, 7) is 2.09. The highest BCUT2D eigenvalue weighted by atomic mass is 35.6. The fourth-order valence-electron chi connectivity index (χ4n) is 1.57. The molecule has 0 aliphatic heterocycles. The third-order valence-electron chi connectivity index (χ3n) is 2.59. The van der Waals surface area contributed by atoms with E-state index in [2.05, 4.69) is 12.2 Å². The van der Waals surface area contributed by atoms with Gasteiger partial charge in [-0.2, -0.15) is 0 Å². The van der Waals surface area contributed by atoms with Crippen molar-refractivity contribution in [1.82, 2.24) is 5.32 Å². The van der Waals surface area contributed by atoms with Crippen molar-refractivity contribution in [3.8, 4) is 0 Å². The van der Waals surface area contributed by atoms with E-state index in [0.29, 0.717) is 6.42 Å². The van der Waals surface area contributed by atoms with Gasteiger partial charge < -0.3 is 5.32 Å². The van der Waals surface area contributed by atoms with Crippen LogP contribution in [0, 0.1) is 0 Å². The van der Waals surface area contributed by atoms with Crippen LogP contribution in [0.3, 0.4) is 0 Å². The number of hydrogen-bond acceptors (Lipinski definition) is 2. The summed E-state index contributed by atoms with van der Waals surface area (Å²) in [6.07, 6.45) is 3.41. The Bertz CT molecular complexity index is 409. The first-order chi connectivity index (χ1) is 9.43. The van der Waals surface area contributed by atoms with Gasteiger partial charge in [-0.15, -0.1) is 0 Å². The van der Waals surface area contributed by atoms with Crippen molar-refractivity contribution >= 4 is 52.5 Å². The largest absolute Gasteiger partial charge is 0.340 e. The lowest BCUT2D eigenvalue weighted by molar-refractivity contribution is -0.121. The number of amides is 1. The number of unbranched alkanes of at least 4 members (excludes halogenated alkanes) is 2. The van der Waals surface area contributed by atoms with Crippen LogP contribution >= 0.6 is 46.6 Å². The topological polar surface area (TPSA) is 29.1 Å². The highest BCUT2D eigenvalue weighted by molar-refractivity contribution is 8.00. The van der Waals surface area contributed by atoms with Gasteiger partial charge in [-0.3, -0.25) is 4.79 Å². The summed E-state index contributed by atoms with van der Waals surface area (Å²) in [6, 6.07) is 9.55. The average Bonchev–Trinajstić information content (AvgIpc) is 2.38. The van der Waals surface area contributed by atoms with Gasteiger partial charge in [0.05, 0.1) is 0 Å². The Labute approximate surface area is 139 Å². The lowest BCUT2D eigenvalue weighted by atomic mass is 10.2. The summed E-state index contributed by atoms with van der Waals surface area (Å²) in [4.78, 5) is 12.8. The molecule has 20 heavy (non-hydrogen) atoms. The van der Waals surface area contributed by atoms with E-state index in [1.54, 1.807) is 0 Å². The molecule has 2 nitrogen and oxygen atoms in total. The van der Waals surface area contributed by atoms with Crippen LogP contribution in [0.2, 0.25) is 0 Å². The molecule has 1 N–H and O–H groups in total. The number of thioether (sulfide) groups is 1. The predicted molar refractivity (Wildman–Crippen MR) is 88.7 cm³/mol. The monoisotopic (exact) mass is 353 g/mol. The minimum Gasteiger partial charge on any atom is -0.340 e. The Morgan fingerprint density at radius 1 is 1.25 bits per heavy atom. The van der Waals surface area contributed by atoms with Crippen LogP contribution in [0.15, 0.2) is 35.2 Å². The van der Waals surface area contributed by atoms with E-state index in [1.165, 1.54) is 11.8 Å². The molecular formula is C14H18Cl3NOS. The number of rotatable bonds is 7. The number of alkyl halides is 3. The molecule has 0 bridgehead atoms. The smallest absolute Gasteiger partial charge is 0.221 e. The lowest BCUT2D eigenvalue weighted by Gasteiger charge is -2.25. The summed E-state index contributed by atoms with van der Waals surface area (Å²) in [5.41, 5.74) is 0. The second-order valence-corrected chi connectivity index (χ2v) is 7.92. The number of benzene rings is 1. The van der Waals surface area contributed by atoms with Crippen molar-refractivity contribution in [2.24, 2.45) is 0 Å².